The number of aromatic nitrogens is 1. The minimum atomic E-state index is 0.0747. The van der Waals surface area contributed by atoms with Gasteiger partial charge in [-0.25, -0.2) is 4.98 Å². The Morgan fingerprint density at radius 1 is 0.958 bits per heavy atom. The van der Waals surface area contributed by atoms with Crippen LogP contribution < -0.4 is 0 Å². The first-order valence-electron chi connectivity index (χ1n) is 8.32. The third kappa shape index (κ3) is 2.39. The van der Waals surface area contributed by atoms with Crippen LogP contribution in [0, 0.1) is 6.92 Å². The van der Waals surface area contributed by atoms with Crippen LogP contribution in [0.1, 0.15) is 31.9 Å². The summed E-state index contributed by atoms with van der Waals surface area (Å²) in [6.07, 6.45) is 1.77. The number of benzene rings is 2. The average Bonchev–Trinajstić information content (AvgIpc) is 2.93. The SMILES string of the molecule is Cc1coc2ccc(-c3cc(C(C)(C)C)c4ccccc4c3)nc12. The maximum absolute atomic E-state index is 5.53. The van der Waals surface area contributed by atoms with Crippen LogP contribution >= 0.6 is 0 Å². The number of fused-ring (bicyclic) bond motifs is 2. The van der Waals surface area contributed by atoms with E-state index in [0.29, 0.717) is 0 Å². The van der Waals surface area contributed by atoms with E-state index in [0.717, 1.165) is 27.9 Å². The summed E-state index contributed by atoms with van der Waals surface area (Å²) in [5.74, 6) is 0. The van der Waals surface area contributed by atoms with Crippen LogP contribution in [0.4, 0.5) is 0 Å². The lowest BCUT2D eigenvalue weighted by Gasteiger charge is -2.22. The zero-order chi connectivity index (χ0) is 16.9. The smallest absolute Gasteiger partial charge is 0.152 e. The maximum Gasteiger partial charge on any atom is 0.152 e. The number of nitrogens with zero attached hydrogens (tertiary/aromatic N) is 1. The Morgan fingerprint density at radius 3 is 2.54 bits per heavy atom. The predicted molar refractivity (Wildman–Crippen MR) is 100 cm³/mol. The molecule has 0 spiro atoms. The van der Waals surface area contributed by atoms with E-state index in [-0.39, 0.29) is 5.41 Å². The van der Waals surface area contributed by atoms with Crippen molar-refractivity contribution in [3.05, 3.63) is 65.9 Å². The topological polar surface area (TPSA) is 26.0 Å². The molecule has 0 amide bonds. The molecule has 4 rings (SSSR count). The fourth-order valence-corrected chi connectivity index (χ4v) is 3.27. The summed E-state index contributed by atoms with van der Waals surface area (Å²) in [5.41, 5.74) is 6.42. The summed E-state index contributed by atoms with van der Waals surface area (Å²) in [5, 5.41) is 2.57. The van der Waals surface area contributed by atoms with Gasteiger partial charge in [0.25, 0.3) is 0 Å². The van der Waals surface area contributed by atoms with E-state index in [1.54, 1.807) is 6.26 Å². The summed E-state index contributed by atoms with van der Waals surface area (Å²) in [4.78, 5) is 4.84. The van der Waals surface area contributed by atoms with Crippen molar-refractivity contribution in [3.8, 4) is 11.3 Å². The molecule has 4 aromatic rings. The molecule has 0 N–H and O–H groups in total. The second-order valence-electron chi connectivity index (χ2n) is 7.46. The highest BCUT2D eigenvalue weighted by Crippen LogP contribution is 2.35. The molecule has 2 aromatic heterocycles. The second-order valence-corrected chi connectivity index (χ2v) is 7.46. The van der Waals surface area contributed by atoms with Gasteiger partial charge in [-0.3, -0.25) is 0 Å². The molecule has 2 heteroatoms. The van der Waals surface area contributed by atoms with Gasteiger partial charge < -0.3 is 4.42 Å². The lowest BCUT2D eigenvalue weighted by molar-refractivity contribution is 0.596. The van der Waals surface area contributed by atoms with Crippen LogP contribution in [0.2, 0.25) is 0 Å². The number of aryl methyl sites for hydroxylation is 1. The maximum atomic E-state index is 5.53. The minimum Gasteiger partial charge on any atom is -0.462 e. The number of furan rings is 1. The Kier molecular flexibility index (Phi) is 3.24. The van der Waals surface area contributed by atoms with Crippen LogP contribution in [-0.2, 0) is 5.41 Å². The van der Waals surface area contributed by atoms with E-state index in [1.165, 1.54) is 16.3 Å². The fourth-order valence-electron chi connectivity index (χ4n) is 3.27. The van der Waals surface area contributed by atoms with Gasteiger partial charge in [-0.2, -0.15) is 0 Å². The van der Waals surface area contributed by atoms with Crippen LogP contribution in [0.5, 0.6) is 0 Å². The Hall–Kier alpha value is -2.61. The Labute approximate surface area is 142 Å². The van der Waals surface area contributed by atoms with Gasteiger partial charge in [0.1, 0.15) is 5.52 Å². The number of hydrogen-bond acceptors (Lipinski definition) is 2. The predicted octanol–water partition coefficient (Wildman–Crippen LogP) is 6.25. The standard InChI is InChI=1S/C22H21NO/c1-14-13-24-20-10-9-19(23-21(14)20)16-11-15-7-5-6-8-17(15)18(12-16)22(2,3)4/h5-13H,1-4H3. The largest absolute Gasteiger partial charge is 0.462 e. The van der Waals surface area contributed by atoms with Crippen molar-refractivity contribution in [2.45, 2.75) is 33.1 Å². The first-order valence-corrected chi connectivity index (χ1v) is 8.32. The lowest BCUT2D eigenvalue weighted by Crippen LogP contribution is -2.12. The Morgan fingerprint density at radius 2 is 1.75 bits per heavy atom. The van der Waals surface area contributed by atoms with Crippen LogP contribution in [0.3, 0.4) is 0 Å². The zero-order valence-electron chi connectivity index (χ0n) is 14.6. The van der Waals surface area contributed by atoms with Gasteiger partial charge >= 0.3 is 0 Å². The Balaban J connectivity index is 2.00. The molecule has 0 unspecified atom stereocenters. The van der Waals surface area contributed by atoms with Crippen molar-refractivity contribution in [3.63, 3.8) is 0 Å². The van der Waals surface area contributed by atoms with Gasteiger partial charge in [0.2, 0.25) is 0 Å². The summed E-state index contributed by atoms with van der Waals surface area (Å²) >= 11 is 0. The van der Waals surface area contributed by atoms with Crippen molar-refractivity contribution >= 4 is 21.9 Å². The van der Waals surface area contributed by atoms with Gasteiger partial charge in [-0.1, -0.05) is 45.0 Å². The molecule has 0 saturated heterocycles. The molecule has 2 nitrogen and oxygen atoms in total. The third-order valence-electron chi connectivity index (χ3n) is 4.56. The molecular formula is C22H21NO. The molecular weight excluding hydrogens is 294 g/mol. The molecule has 0 aliphatic carbocycles. The summed E-state index contributed by atoms with van der Waals surface area (Å²) in [6, 6.07) is 17.1. The summed E-state index contributed by atoms with van der Waals surface area (Å²) in [6.45, 7) is 8.81. The van der Waals surface area contributed by atoms with E-state index in [1.807, 2.05) is 19.1 Å². The third-order valence-corrected chi connectivity index (χ3v) is 4.56. The van der Waals surface area contributed by atoms with Gasteiger partial charge in [0.15, 0.2) is 5.58 Å². The van der Waals surface area contributed by atoms with Crippen molar-refractivity contribution in [1.29, 1.82) is 0 Å². The van der Waals surface area contributed by atoms with Gasteiger partial charge in [-0.05, 0) is 52.9 Å². The molecule has 2 aromatic carbocycles. The van der Waals surface area contributed by atoms with Crippen molar-refractivity contribution in [1.82, 2.24) is 4.98 Å². The quantitative estimate of drug-likeness (QED) is 0.414. The van der Waals surface area contributed by atoms with Gasteiger partial charge in [0.05, 0.1) is 12.0 Å². The first-order chi connectivity index (χ1) is 11.4. The first kappa shape index (κ1) is 14.9. The highest BCUT2D eigenvalue weighted by atomic mass is 16.3. The van der Waals surface area contributed by atoms with Crippen LogP contribution in [0.15, 0.2) is 59.2 Å². The fraction of sp³-hybridized carbons (Fsp3) is 0.227. The van der Waals surface area contributed by atoms with Gasteiger partial charge in [0, 0.05) is 11.1 Å². The monoisotopic (exact) mass is 315 g/mol. The van der Waals surface area contributed by atoms with E-state index >= 15 is 0 Å². The highest BCUT2D eigenvalue weighted by molar-refractivity contribution is 5.91. The molecule has 0 radical (unpaired) electrons. The molecule has 0 atom stereocenters. The summed E-state index contributed by atoms with van der Waals surface area (Å²) in [7, 11) is 0. The lowest BCUT2D eigenvalue weighted by atomic mass is 9.82. The number of rotatable bonds is 1. The summed E-state index contributed by atoms with van der Waals surface area (Å²) < 4.78 is 5.53. The molecule has 0 aliphatic rings. The van der Waals surface area contributed by atoms with E-state index in [4.69, 9.17) is 9.40 Å². The molecule has 24 heavy (non-hydrogen) atoms. The van der Waals surface area contributed by atoms with E-state index in [9.17, 15) is 0 Å². The van der Waals surface area contributed by atoms with Crippen molar-refractivity contribution < 1.29 is 4.42 Å². The van der Waals surface area contributed by atoms with E-state index < -0.39 is 0 Å². The second kappa shape index (κ2) is 5.20. The van der Waals surface area contributed by atoms with Gasteiger partial charge in [-0.15, -0.1) is 0 Å². The highest BCUT2D eigenvalue weighted by Gasteiger charge is 2.18. The normalized spacial score (nSPS) is 12.2. The Bertz CT molecular complexity index is 1050. The molecule has 2 heterocycles. The van der Waals surface area contributed by atoms with Crippen LogP contribution in [0.25, 0.3) is 33.1 Å². The average molecular weight is 315 g/mol. The van der Waals surface area contributed by atoms with E-state index in [2.05, 4.69) is 57.2 Å². The zero-order valence-corrected chi connectivity index (χ0v) is 14.6. The van der Waals surface area contributed by atoms with Crippen molar-refractivity contribution in [2.75, 3.05) is 0 Å². The molecule has 0 fully saturated rings. The minimum absolute atomic E-state index is 0.0747. The van der Waals surface area contributed by atoms with Crippen molar-refractivity contribution in [2.24, 2.45) is 0 Å². The number of pyridine rings is 1. The molecule has 0 saturated carbocycles. The molecule has 0 bridgehead atoms. The molecule has 0 aliphatic heterocycles. The molecule has 120 valence electrons. The number of hydrogen-bond donors (Lipinski definition) is 0. The van der Waals surface area contributed by atoms with Crippen LogP contribution in [-0.4, -0.2) is 4.98 Å².